The molecular formula is C25H34FIN5O3P. The molecule has 2 heterocycles. The maximum absolute atomic E-state index is 15.2. The maximum atomic E-state index is 15.2. The first-order valence-corrected chi connectivity index (χ1v) is 15.8. The van der Waals surface area contributed by atoms with Crippen LogP contribution in [-0.2, 0) is 11.8 Å². The zero-order chi connectivity index (χ0) is 27.2. The SMILES string of the molecule is C#Cc1nn(PI)c2cc(F)c(-c3cnn(C)c3OC(C)CN(CC)C(=O)OC(C)(C)C)cc12.CC. The van der Waals surface area contributed by atoms with Gasteiger partial charge in [-0.05, 0) is 68.6 Å². The minimum atomic E-state index is -0.594. The van der Waals surface area contributed by atoms with Crippen molar-refractivity contribution >= 4 is 45.4 Å². The lowest BCUT2D eigenvalue weighted by molar-refractivity contribution is 0.0188. The van der Waals surface area contributed by atoms with Gasteiger partial charge in [-0.2, -0.15) is 10.2 Å². The van der Waals surface area contributed by atoms with E-state index in [9.17, 15) is 4.79 Å². The van der Waals surface area contributed by atoms with Gasteiger partial charge in [0.2, 0.25) is 5.88 Å². The molecule has 1 aromatic carbocycles. The molecule has 0 radical (unpaired) electrons. The van der Waals surface area contributed by atoms with Crippen LogP contribution in [0, 0.1) is 18.2 Å². The lowest BCUT2D eigenvalue weighted by Gasteiger charge is -2.28. The second-order valence-electron chi connectivity index (χ2n) is 8.77. The van der Waals surface area contributed by atoms with Crippen LogP contribution in [0.2, 0.25) is 0 Å². The largest absolute Gasteiger partial charge is 0.472 e. The molecule has 11 heteroatoms. The number of terminal acetylenes is 1. The lowest BCUT2D eigenvalue weighted by Crippen LogP contribution is -2.41. The zero-order valence-electron chi connectivity index (χ0n) is 22.0. The number of carbonyl (C=O) groups is 1. The van der Waals surface area contributed by atoms with E-state index in [-0.39, 0.29) is 6.37 Å². The molecule has 196 valence electrons. The zero-order valence-corrected chi connectivity index (χ0v) is 25.2. The van der Waals surface area contributed by atoms with Crippen molar-refractivity contribution in [3.63, 3.8) is 0 Å². The molecular weight excluding hydrogens is 595 g/mol. The molecule has 0 aliphatic carbocycles. The van der Waals surface area contributed by atoms with Crippen molar-refractivity contribution in [1.82, 2.24) is 24.2 Å². The fourth-order valence-corrected chi connectivity index (χ4v) is 4.98. The highest BCUT2D eigenvalue weighted by molar-refractivity contribution is 14.2. The van der Waals surface area contributed by atoms with Crippen molar-refractivity contribution in [2.75, 3.05) is 13.1 Å². The number of halogens is 2. The number of carbonyl (C=O) groups excluding carboxylic acids is 1. The molecule has 0 spiro atoms. The minimum absolute atomic E-state index is 0.286. The molecule has 0 bridgehead atoms. The Balaban J connectivity index is 0.00000222. The summed E-state index contributed by atoms with van der Waals surface area (Å²) in [5.74, 6) is 2.53. The van der Waals surface area contributed by atoms with E-state index in [1.807, 2.05) is 48.5 Å². The van der Waals surface area contributed by atoms with E-state index in [1.54, 1.807) is 28.7 Å². The highest BCUT2D eigenvalue weighted by Gasteiger charge is 2.25. The van der Waals surface area contributed by atoms with Gasteiger partial charge in [-0.1, -0.05) is 13.8 Å². The van der Waals surface area contributed by atoms with Crippen LogP contribution in [0.1, 0.15) is 54.2 Å². The van der Waals surface area contributed by atoms with Gasteiger partial charge in [0.1, 0.15) is 23.2 Å². The molecule has 2 unspecified atom stereocenters. The number of hydrogen-bond acceptors (Lipinski definition) is 5. The number of amides is 1. The average molecular weight is 629 g/mol. The van der Waals surface area contributed by atoms with Crippen molar-refractivity contribution in [2.24, 2.45) is 7.05 Å². The van der Waals surface area contributed by atoms with Gasteiger partial charge in [0.15, 0.2) is 0 Å². The van der Waals surface area contributed by atoms with Crippen LogP contribution in [0.5, 0.6) is 5.88 Å². The number of ether oxygens (including phenoxy) is 2. The van der Waals surface area contributed by atoms with E-state index < -0.39 is 23.6 Å². The molecule has 0 saturated heterocycles. The van der Waals surface area contributed by atoms with E-state index in [0.717, 1.165) is 0 Å². The summed E-state index contributed by atoms with van der Waals surface area (Å²) in [4.78, 5) is 14.1. The molecule has 8 nitrogen and oxygen atoms in total. The highest BCUT2D eigenvalue weighted by Crippen LogP contribution is 2.37. The molecule has 0 aliphatic heterocycles. The Morgan fingerprint density at radius 3 is 2.56 bits per heavy atom. The normalized spacial score (nSPS) is 12.2. The summed E-state index contributed by atoms with van der Waals surface area (Å²) in [6, 6.07) is 3.12. The summed E-state index contributed by atoms with van der Waals surface area (Å²) >= 11 is 2.18. The van der Waals surface area contributed by atoms with Crippen LogP contribution in [-0.4, -0.2) is 55.1 Å². The first-order valence-electron chi connectivity index (χ1n) is 11.7. The van der Waals surface area contributed by atoms with Crippen molar-refractivity contribution in [2.45, 2.75) is 60.2 Å². The summed E-state index contributed by atoms with van der Waals surface area (Å²) in [7, 11) is 1.72. The number of aryl methyl sites for hydroxylation is 1. The van der Waals surface area contributed by atoms with Crippen LogP contribution in [0.15, 0.2) is 18.3 Å². The first-order chi connectivity index (χ1) is 17.0. The van der Waals surface area contributed by atoms with Crippen molar-refractivity contribution in [3.8, 4) is 29.4 Å². The molecule has 3 aromatic rings. The number of benzene rings is 1. The topological polar surface area (TPSA) is 74.4 Å². The van der Waals surface area contributed by atoms with Crippen LogP contribution >= 0.6 is 28.4 Å². The third-order valence-corrected chi connectivity index (χ3v) is 6.86. The van der Waals surface area contributed by atoms with Crippen molar-refractivity contribution in [1.29, 1.82) is 0 Å². The Hall–Kier alpha value is -2.38. The van der Waals surface area contributed by atoms with Crippen LogP contribution in [0.3, 0.4) is 0 Å². The number of fused-ring (bicyclic) bond motifs is 1. The third-order valence-electron chi connectivity index (χ3n) is 4.98. The lowest BCUT2D eigenvalue weighted by atomic mass is 10.0. The van der Waals surface area contributed by atoms with Gasteiger partial charge in [-0.25, -0.2) is 18.3 Å². The summed E-state index contributed by atoms with van der Waals surface area (Å²) in [6.07, 6.45) is 6.65. The molecule has 1 amide bonds. The first kappa shape index (κ1) is 29.8. The molecule has 0 fully saturated rings. The predicted octanol–water partition coefficient (Wildman–Crippen LogP) is 6.40. The van der Waals surface area contributed by atoms with Gasteiger partial charge in [0, 0.05) is 30.6 Å². The number of nitrogens with zero attached hydrogens (tertiary/aromatic N) is 5. The summed E-state index contributed by atoms with van der Waals surface area (Å²) in [5.41, 5.74) is 1.30. The fraction of sp³-hybridized carbons (Fsp3) is 0.480. The smallest absolute Gasteiger partial charge is 0.410 e. The Morgan fingerprint density at radius 2 is 2.00 bits per heavy atom. The van der Waals surface area contributed by atoms with E-state index in [4.69, 9.17) is 15.9 Å². The maximum Gasteiger partial charge on any atom is 0.410 e. The number of hydrogen-bond donors (Lipinski definition) is 0. The van der Waals surface area contributed by atoms with Gasteiger partial charge >= 0.3 is 6.09 Å². The molecule has 3 rings (SSSR count). The third kappa shape index (κ3) is 6.88. The summed E-state index contributed by atoms with van der Waals surface area (Å²) in [6.45, 7) is 13.9. The van der Waals surface area contributed by atoms with Crippen molar-refractivity contribution < 1.29 is 18.7 Å². The molecule has 36 heavy (non-hydrogen) atoms. The second kappa shape index (κ2) is 12.7. The standard InChI is InChI=1S/C23H28FIN5O3P.C2H6/c1-8-19-16-10-15(18(24)11-20(16)30(27-19)34-25)17-12-26-28(7)21(17)32-14(3)13-29(9-2)22(31)33-23(4,5)6;1-2/h1,10-12,14,34H,9,13H2,2-7H3;1-2H3. The minimum Gasteiger partial charge on any atom is -0.472 e. The second-order valence-corrected chi connectivity index (χ2v) is 10.8. The van der Waals surface area contributed by atoms with Crippen LogP contribution < -0.4 is 4.74 Å². The molecule has 0 aliphatic rings. The van der Waals surface area contributed by atoms with E-state index >= 15 is 4.39 Å². The van der Waals surface area contributed by atoms with Gasteiger partial charge in [0.25, 0.3) is 0 Å². The summed E-state index contributed by atoms with van der Waals surface area (Å²) in [5, 5.41) is 9.34. The van der Waals surface area contributed by atoms with E-state index in [1.165, 1.54) is 10.7 Å². The fourth-order valence-electron chi connectivity index (χ4n) is 3.46. The monoisotopic (exact) mass is 629 g/mol. The van der Waals surface area contributed by atoms with Crippen LogP contribution in [0.25, 0.3) is 22.0 Å². The van der Waals surface area contributed by atoms with Crippen molar-refractivity contribution in [3.05, 3.63) is 29.8 Å². The van der Waals surface area contributed by atoms with Gasteiger partial charge in [-0.15, -0.1) is 6.42 Å². The number of rotatable bonds is 7. The van der Waals surface area contributed by atoms with Gasteiger partial charge < -0.3 is 14.4 Å². The highest BCUT2D eigenvalue weighted by atomic mass is 127. The average Bonchev–Trinajstić information content (AvgIpc) is 3.36. The van der Waals surface area contributed by atoms with E-state index in [0.29, 0.717) is 46.7 Å². The predicted molar refractivity (Wildman–Crippen MR) is 152 cm³/mol. The molecule has 2 aromatic heterocycles. The molecule has 2 atom stereocenters. The molecule has 0 saturated carbocycles. The Kier molecular flexibility index (Phi) is 10.6. The molecule has 0 N–H and O–H groups in total. The van der Waals surface area contributed by atoms with Gasteiger partial charge in [-0.3, -0.25) is 0 Å². The Morgan fingerprint density at radius 1 is 1.33 bits per heavy atom. The Bertz CT molecular complexity index is 1250. The van der Waals surface area contributed by atoms with E-state index in [2.05, 4.69) is 38.2 Å². The number of likely N-dealkylation sites (N-methyl/N-ethyl adjacent to an activating group) is 1. The Labute approximate surface area is 227 Å². The summed E-state index contributed by atoms with van der Waals surface area (Å²) < 4.78 is 30.1. The van der Waals surface area contributed by atoms with Crippen LogP contribution in [0.4, 0.5) is 9.18 Å². The quantitative estimate of drug-likeness (QED) is 0.172. The van der Waals surface area contributed by atoms with Gasteiger partial charge in [0.05, 0.1) is 30.2 Å². The number of aromatic nitrogens is 4.